The van der Waals surface area contributed by atoms with Gasteiger partial charge in [-0.3, -0.25) is 0 Å². The molecule has 9 aromatic carbocycles. The Kier molecular flexibility index (Phi) is 6.90. The third-order valence-corrected chi connectivity index (χ3v) is 11.1. The summed E-state index contributed by atoms with van der Waals surface area (Å²) < 4.78 is 4.85. The topological polar surface area (TPSA) is 9.86 Å². The lowest BCUT2D eigenvalue weighted by Crippen LogP contribution is -1.96. The molecule has 11 aromatic rings. The lowest BCUT2D eigenvalue weighted by Gasteiger charge is -2.14. The van der Waals surface area contributed by atoms with Gasteiger partial charge in [-0.25, -0.2) is 0 Å². The number of nitrogens with zero attached hydrogens (tertiary/aromatic N) is 2. The van der Waals surface area contributed by atoms with Crippen molar-refractivity contribution in [2.24, 2.45) is 0 Å². The molecule has 0 fully saturated rings. The zero-order valence-corrected chi connectivity index (χ0v) is 29.5. The molecule has 0 aliphatic carbocycles. The highest BCUT2D eigenvalue weighted by Gasteiger charge is 2.17. The molecule has 11 rings (SSSR count). The summed E-state index contributed by atoms with van der Waals surface area (Å²) in [5.41, 5.74) is 14.4. The standard InChI is InChI=1S/C52H34N2/c1-3-13-35(14-4-1)41-29-42(36-15-5-2-6-16-36)32-44(31-41)54-50-22-12-10-20-46(50)48-34-40(25-28-52(48)54)39-24-27-51-47(33-39)45-19-9-11-21-49(45)53(51)43-26-23-37-17-7-8-18-38(37)30-43/h1-34H. The molecular formula is C52H34N2. The fourth-order valence-electron chi connectivity index (χ4n) is 8.51. The second-order valence-electron chi connectivity index (χ2n) is 14.2. The zero-order valence-electron chi connectivity index (χ0n) is 29.5. The highest BCUT2D eigenvalue weighted by Crippen LogP contribution is 2.40. The molecule has 54 heavy (non-hydrogen) atoms. The molecular weight excluding hydrogens is 653 g/mol. The zero-order chi connectivity index (χ0) is 35.6. The van der Waals surface area contributed by atoms with Crippen LogP contribution in [0.4, 0.5) is 0 Å². The Hall–Kier alpha value is -7.16. The van der Waals surface area contributed by atoms with Crippen molar-refractivity contribution in [2.45, 2.75) is 0 Å². The van der Waals surface area contributed by atoms with E-state index < -0.39 is 0 Å². The minimum atomic E-state index is 1.15. The maximum atomic E-state index is 2.44. The Morgan fingerprint density at radius 2 is 0.685 bits per heavy atom. The molecule has 0 aliphatic heterocycles. The smallest absolute Gasteiger partial charge is 0.0541 e. The summed E-state index contributed by atoms with van der Waals surface area (Å²) in [5.74, 6) is 0. The number of rotatable bonds is 5. The number of para-hydroxylation sites is 2. The van der Waals surface area contributed by atoms with Crippen molar-refractivity contribution in [1.29, 1.82) is 0 Å². The molecule has 2 heteroatoms. The number of aromatic nitrogens is 2. The first-order valence-corrected chi connectivity index (χ1v) is 18.6. The average Bonchev–Trinajstić information content (AvgIpc) is 3.76. The third-order valence-electron chi connectivity index (χ3n) is 11.1. The highest BCUT2D eigenvalue weighted by atomic mass is 15.0. The van der Waals surface area contributed by atoms with Crippen LogP contribution in [0.15, 0.2) is 206 Å². The average molecular weight is 687 g/mol. The van der Waals surface area contributed by atoms with Crippen molar-refractivity contribution in [2.75, 3.05) is 0 Å². The fraction of sp³-hybridized carbons (Fsp3) is 0. The minimum absolute atomic E-state index is 1.15. The Morgan fingerprint density at radius 3 is 1.26 bits per heavy atom. The molecule has 0 bridgehead atoms. The van der Waals surface area contributed by atoms with Crippen molar-refractivity contribution >= 4 is 54.4 Å². The number of fused-ring (bicyclic) bond motifs is 7. The van der Waals surface area contributed by atoms with E-state index in [0.717, 1.165) is 5.69 Å². The van der Waals surface area contributed by atoms with Crippen LogP contribution < -0.4 is 0 Å². The van der Waals surface area contributed by atoms with Crippen LogP contribution in [0.1, 0.15) is 0 Å². The van der Waals surface area contributed by atoms with E-state index in [1.165, 1.54) is 93.5 Å². The van der Waals surface area contributed by atoms with Gasteiger partial charge in [0.2, 0.25) is 0 Å². The summed E-state index contributed by atoms with van der Waals surface area (Å²) >= 11 is 0. The maximum absolute atomic E-state index is 2.44. The van der Waals surface area contributed by atoms with Crippen LogP contribution in [0.25, 0.3) is 99.1 Å². The first-order valence-electron chi connectivity index (χ1n) is 18.6. The summed E-state index contributed by atoms with van der Waals surface area (Å²) in [4.78, 5) is 0. The van der Waals surface area contributed by atoms with Gasteiger partial charge in [-0.15, -0.1) is 0 Å². The number of benzene rings is 9. The first-order chi connectivity index (χ1) is 26.8. The lowest BCUT2D eigenvalue weighted by atomic mass is 9.98. The van der Waals surface area contributed by atoms with Gasteiger partial charge in [-0.05, 0) is 111 Å². The molecule has 2 aromatic heterocycles. The Balaban J connectivity index is 1.09. The van der Waals surface area contributed by atoms with Crippen LogP contribution in [0.5, 0.6) is 0 Å². The molecule has 0 saturated heterocycles. The van der Waals surface area contributed by atoms with E-state index in [4.69, 9.17) is 0 Å². The lowest BCUT2D eigenvalue weighted by molar-refractivity contribution is 1.18. The Morgan fingerprint density at radius 1 is 0.222 bits per heavy atom. The van der Waals surface area contributed by atoms with Crippen LogP contribution in [0.3, 0.4) is 0 Å². The Bertz CT molecular complexity index is 3140. The van der Waals surface area contributed by atoms with Crippen LogP contribution in [-0.2, 0) is 0 Å². The summed E-state index contributed by atoms with van der Waals surface area (Å²) in [7, 11) is 0. The van der Waals surface area contributed by atoms with Gasteiger partial charge in [0, 0.05) is 32.9 Å². The van der Waals surface area contributed by atoms with Crippen LogP contribution in [0, 0.1) is 0 Å². The molecule has 0 N–H and O–H groups in total. The summed E-state index contributed by atoms with van der Waals surface area (Å²) in [5, 5.41) is 7.50. The predicted molar refractivity (Wildman–Crippen MR) is 229 cm³/mol. The fourth-order valence-corrected chi connectivity index (χ4v) is 8.51. The van der Waals surface area contributed by atoms with Gasteiger partial charge in [-0.1, -0.05) is 140 Å². The molecule has 0 spiro atoms. The monoisotopic (exact) mass is 686 g/mol. The van der Waals surface area contributed by atoms with E-state index in [9.17, 15) is 0 Å². The second kappa shape index (κ2) is 12.2. The number of hydrogen-bond acceptors (Lipinski definition) is 0. The molecule has 0 saturated carbocycles. The molecule has 0 aliphatic rings. The van der Waals surface area contributed by atoms with Gasteiger partial charge >= 0.3 is 0 Å². The van der Waals surface area contributed by atoms with Gasteiger partial charge in [0.1, 0.15) is 0 Å². The third kappa shape index (κ3) is 4.88. The second-order valence-corrected chi connectivity index (χ2v) is 14.2. The first kappa shape index (κ1) is 30.5. The molecule has 0 atom stereocenters. The Labute approximate surface area is 313 Å². The van der Waals surface area contributed by atoms with E-state index in [1.807, 2.05) is 0 Å². The van der Waals surface area contributed by atoms with Gasteiger partial charge in [0.15, 0.2) is 0 Å². The minimum Gasteiger partial charge on any atom is -0.309 e. The summed E-state index contributed by atoms with van der Waals surface area (Å²) in [6, 6.07) is 75.3. The normalized spacial score (nSPS) is 11.7. The van der Waals surface area contributed by atoms with Crippen LogP contribution in [0.2, 0.25) is 0 Å². The molecule has 252 valence electrons. The summed E-state index contributed by atoms with van der Waals surface area (Å²) in [6.07, 6.45) is 0. The quantitative estimate of drug-likeness (QED) is 0.171. The molecule has 0 unspecified atom stereocenters. The number of hydrogen-bond donors (Lipinski definition) is 0. The van der Waals surface area contributed by atoms with E-state index in [1.54, 1.807) is 0 Å². The SMILES string of the molecule is c1ccc(-c2cc(-c3ccccc3)cc(-n3c4ccccc4c4cc(-c5ccc6c(c5)c5ccccc5n6-c5ccc6ccccc6c5)ccc43)c2)cc1. The van der Waals surface area contributed by atoms with E-state index in [0.29, 0.717) is 0 Å². The van der Waals surface area contributed by atoms with Gasteiger partial charge in [0.05, 0.1) is 22.1 Å². The van der Waals surface area contributed by atoms with E-state index >= 15 is 0 Å². The highest BCUT2D eigenvalue weighted by molar-refractivity contribution is 6.13. The van der Waals surface area contributed by atoms with E-state index in [-0.39, 0.29) is 0 Å². The van der Waals surface area contributed by atoms with Crippen molar-refractivity contribution in [3.63, 3.8) is 0 Å². The van der Waals surface area contributed by atoms with Crippen molar-refractivity contribution < 1.29 is 0 Å². The van der Waals surface area contributed by atoms with Gasteiger partial charge in [0.25, 0.3) is 0 Å². The molecule has 0 amide bonds. The predicted octanol–water partition coefficient (Wildman–Crippen LogP) is 14.0. The summed E-state index contributed by atoms with van der Waals surface area (Å²) in [6.45, 7) is 0. The maximum Gasteiger partial charge on any atom is 0.0541 e. The van der Waals surface area contributed by atoms with Crippen LogP contribution >= 0.6 is 0 Å². The largest absolute Gasteiger partial charge is 0.309 e. The van der Waals surface area contributed by atoms with Crippen molar-refractivity contribution in [3.8, 4) is 44.8 Å². The molecule has 2 heterocycles. The molecule has 0 radical (unpaired) electrons. The van der Waals surface area contributed by atoms with Gasteiger partial charge in [-0.2, -0.15) is 0 Å². The van der Waals surface area contributed by atoms with Crippen molar-refractivity contribution in [1.82, 2.24) is 9.13 Å². The molecule has 2 nitrogen and oxygen atoms in total. The van der Waals surface area contributed by atoms with Crippen molar-refractivity contribution in [3.05, 3.63) is 206 Å². The van der Waals surface area contributed by atoms with Crippen LogP contribution in [-0.4, -0.2) is 9.13 Å². The van der Waals surface area contributed by atoms with E-state index in [2.05, 4.69) is 215 Å². The van der Waals surface area contributed by atoms with Gasteiger partial charge < -0.3 is 9.13 Å².